The first-order chi connectivity index (χ1) is 16.1. The Hall–Kier alpha value is -3.77. The number of alkyl halides is 3. The standard InChI is InChI=1S/C25H22F3N3O3/c1-15-22-20(14-32-24(2,3)33-22)17(12-30-15)13-31-21-10-9-18(16-7-5-4-6-8-16)19(11-29)23(21)34-25(26,27)28/h4-10,12,31H,13-14H2,1-3H3. The van der Waals surface area contributed by atoms with Crippen molar-refractivity contribution in [3.8, 4) is 28.7 Å². The highest BCUT2D eigenvalue weighted by atomic mass is 19.4. The molecule has 2 heterocycles. The van der Waals surface area contributed by atoms with Gasteiger partial charge in [0.1, 0.15) is 17.4 Å². The zero-order valence-electron chi connectivity index (χ0n) is 18.8. The maximum atomic E-state index is 13.3. The van der Waals surface area contributed by atoms with Gasteiger partial charge in [0.25, 0.3) is 0 Å². The van der Waals surface area contributed by atoms with E-state index in [2.05, 4.69) is 15.0 Å². The summed E-state index contributed by atoms with van der Waals surface area (Å²) in [5.41, 5.74) is 2.90. The molecule has 4 rings (SSSR count). The Kier molecular flexibility index (Phi) is 6.11. The maximum absolute atomic E-state index is 13.3. The number of hydrogen-bond acceptors (Lipinski definition) is 6. The number of benzene rings is 2. The second-order valence-electron chi connectivity index (χ2n) is 8.21. The third kappa shape index (κ3) is 4.92. The number of hydrogen-bond donors (Lipinski definition) is 1. The second-order valence-corrected chi connectivity index (χ2v) is 8.21. The van der Waals surface area contributed by atoms with Gasteiger partial charge in [-0.3, -0.25) is 4.98 Å². The molecule has 2 aromatic carbocycles. The largest absolute Gasteiger partial charge is 0.573 e. The quantitative estimate of drug-likeness (QED) is 0.488. The third-order valence-corrected chi connectivity index (χ3v) is 5.36. The number of fused-ring (bicyclic) bond motifs is 1. The van der Waals surface area contributed by atoms with Gasteiger partial charge in [-0.05, 0) is 24.1 Å². The van der Waals surface area contributed by atoms with Gasteiger partial charge in [-0.2, -0.15) is 5.26 Å². The predicted molar refractivity (Wildman–Crippen MR) is 119 cm³/mol. The molecule has 0 radical (unpaired) electrons. The summed E-state index contributed by atoms with van der Waals surface area (Å²) in [6, 6.07) is 13.6. The first-order valence-corrected chi connectivity index (χ1v) is 10.5. The topological polar surface area (TPSA) is 76.4 Å². The molecular formula is C25H22F3N3O3. The van der Waals surface area contributed by atoms with Crippen LogP contribution in [0.2, 0.25) is 0 Å². The Morgan fingerprint density at radius 1 is 1.18 bits per heavy atom. The van der Waals surface area contributed by atoms with Crippen LogP contribution in [0.1, 0.15) is 36.2 Å². The number of aromatic nitrogens is 1. The van der Waals surface area contributed by atoms with E-state index >= 15 is 0 Å². The zero-order chi connectivity index (χ0) is 24.5. The maximum Gasteiger partial charge on any atom is 0.573 e. The smallest absolute Gasteiger partial charge is 0.461 e. The van der Waals surface area contributed by atoms with Gasteiger partial charge in [-0.25, -0.2) is 0 Å². The lowest BCUT2D eigenvalue weighted by atomic mass is 9.98. The summed E-state index contributed by atoms with van der Waals surface area (Å²) in [5, 5.41) is 12.7. The summed E-state index contributed by atoms with van der Waals surface area (Å²) in [6.07, 6.45) is -3.35. The van der Waals surface area contributed by atoms with Gasteiger partial charge >= 0.3 is 6.36 Å². The molecule has 0 amide bonds. The number of nitrogens with zero attached hydrogens (tertiary/aromatic N) is 2. The van der Waals surface area contributed by atoms with Crippen molar-refractivity contribution in [3.63, 3.8) is 0 Å². The fraction of sp³-hybridized carbons (Fsp3) is 0.280. The number of halogens is 3. The SMILES string of the molecule is Cc1ncc(CNc2ccc(-c3ccccc3)c(C#N)c2OC(F)(F)F)c2c1OC(C)(C)OC2. The van der Waals surface area contributed by atoms with Crippen LogP contribution in [0.3, 0.4) is 0 Å². The number of pyridine rings is 1. The van der Waals surface area contributed by atoms with E-state index in [4.69, 9.17) is 9.47 Å². The predicted octanol–water partition coefficient (Wildman–Crippen LogP) is 6.08. The molecule has 6 nitrogen and oxygen atoms in total. The molecule has 9 heteroatoms. The van der Waals surface area contributed by atoms with Crippen LogP contribution in [0.15, 0.2) is 48.7 Å². The van der Waals surface area contributed by atoms with E-state index < -0.39 is 17.9 Å². The highest BCUT2D eigenvalue weighted by Crippen LogP contribution is 2.40. The fourth-order valence-electron chi connectivity index (χ4n) is 3.75. The molecule has 1 aromatic heterocycles. The van der Waals surface area contributed by atoms with Crippen LogP contribution in [-0.4, -0.2) is 17.1 Å². The van der Waals surface area contributed by atoms with Crippen molar-refractivity contribution in [1.82, 2.24) is 4.98 Å². The third-order valence-electron chi connectivity index (χ3n) is 5.36. The van der Waals surface area contributed by atoms with Gasteiger partial charge in [0.05, 0.1) is 18.0 Å². The van der Waals surface area contributed by atoms with Crippen LogP contribution < -0.4 is 14.8 Å². The average Bonchev–Trinajstić information content (AvgIpc) is 2.78. The van der Waals surface area contributed by atoms with Gasteiger partial charge in [0.15, 0.2) is 5.75 Å². The van der Waals surface area contributed by atoms with E-state index in [-0.39, 0.29) is 24.4 Å². The molecule has 0 aliphatic carbocycles. The molecule has 1 N–H and O–H groups in total. The molecule has 1 aliphatic rings. The van der Waals surface area contributed by atoms with Crippen molar-refractivity contribution in [3.05, 3.63) is 71.0 Å². The molecule has 0 atom stereocenters. The van der Waals surface area contributed by atoms with Gasteiger partial charge in [0, 0.05) is 37.7 Å². The molecule has 0 saturated heterocycles. The Morgan fingerprint density at radius 2 is 1.91 bits per heavy atom. The van der Waals surface area contributed by atoms with Crippen LogP contribution in [-0.2, 0) is 17.9 Å². The highest BCUT2D eigenvalue weighted by molar-refractivity contribution is 5.79. The summed E-state index contributed by atoms with van der Waals surface area (Å²) >= 11 is 0. The summed E-state index contributed by atoms with van der Waals surface area (Å²) < 4.78 is 55.8. The summed E-state index contributed by atoms with van der Waals surface area (Å²) in [5.74, 6) is -0.799. The normalized spacial score (nSPS) is 14.5. The number of nitriles is 1. The lowest BCUT2D eigenvalue weighted by Gasteiger charge is -2.34. The lowest BCUT2D eigenvalue weighted by molar-refractivity contribution is -0.274. The monoisotopic (exact) mass is 469 g/mol. The van der Waals surface area contributed by atoms with Crippen LogP contribution in [0.5, 0.6) is 11.5 Å². The molecular weight excluding hydrogens is 447 g/mol. The Bertz CT molecular complexity index is 1250. The minimum atomic E-state index is -4.98. The summed E-state index contributed by atoms with van der Waals surface area (Å²) in [6.45, 7) is 5.78. The minimum absolute atomic E-state index is 0.0286. The van der Waals surface area contributed by atoms with Gasteiger partial charge < -0.3 is 19.5 Å². The Labute approximate surface area is 194 Å². The Balaban J connectivity index is 1.71. The van der Waals surface area contributed by atoms with Crippen LogP contribution >= 0.6 is 0 Å². The summed E-state index contributed by atoms with van der Waals surface area (Å²) in [7, 11) is 0. The van der Waals surface area contributed by atoms with Crippen molar-refractivity contribution in [2.24, 2.45) is 0 Å². The number of ether oxygens (including phenoxy) is 3. The zero-order valence-corrected chi connectivity index (χ0v) is 18.8. The number of anilines is 1. The molecule has 3 aromatic rings. The van der Waals surface area contributed by atoms with E-state index in [1.807, 2.05) is 13.0 Å². The van der Waals surface area contributed by atoms with E-state index in [9.17, 15) is 18.4 Å². The van der Waals surface area contributed by atoms with E-state index in [0.717, 1.165) is 5.56 Å². The van der Waals surface area contributed by atoms with E-state index in [1.165, 1.54) is 6.07 Å². The van der Waals surface area contributed by atoms with E-state index in [0.29, 0.717) is 28.1 Å². The molecule has 34 heavy (non-hydrogen) atoms. The molecule has 0 fully saturated rings. The number of aryl methyl sites for hydroxylation is 1. The van der Waals surface area contributed by atoms with Gasteiger partial charge in [-0.1, -0.05) is 36.4 Å². The number of rotatable bonds is 5. The molecule has 0 spiro atoms. The van der Waals surface area contributed by atoms with Crippen molar-refractivity contribution in [1.29, 1.82) is 5.26 Å². The lowest BCUT2D eigenvalue weighted by Crippen LogP contribution is -2.36. The first kappa shape index (κ1) is 23.4. The molecule has 0 bridgehead atoms. The van der Waals surface area contributed by atoms with Crippen molar-refractivity contribution in [2.45, 2.75) is 46.1 Å². The first-order valence-electron chi connectivity index (χ1n) is 10.5. The van der Waals surface area contributed by atoms with Gasteiger partial charge in [0.2, 0.25) is 5.79 Å². The van der Waals surface area contributed by atoms with Crippen LogP contribution in [0.4, 0.5) is 18.9 Å². The van der Waals surface area contributed by atoms with Crippen molar-refractivity contribution < 1.29 is 27.4 Å². The molecule has 1 aliphatic heterocycles. The molecule has 0 saturated carbocycles. The van der Waals surface area contributed by atoms with Crippen LogP contribution in [0, 0.1) is 18.3 Å². The second kappa shape index (κ2) is 8.88. The average molecular weight is 469 g/mol. The summed E-state index contributed by atoms with van der Waals surface area (Å²) in [4.78, 5) is 4.36. The van der Waals surface area contributed by atoms with Crippen molar-refractivity contribution in [2.75, 3.05) is 5.32 Å². The fourth-order valence-corrected chi connectivity index (χ4v) is 3.75. The molecule has 0 unspecified atom stereocenters. The molecule has 176 valence electrons. The minimum Gasteiger partial charge on any atom is -0.461 e. The van der Waals surface area contributed by atoms with Crippen molar-refractivity contribution >= 4 is 5.69 Å². The number of nitrogens with one attached hydrogen (secondary N) is 1. The Morgan fingerprint density at radius 3 is 2.59 bits per heavy atom. The van der Waals surface area contributed by atoms with E-state index in [1.54, 1.807) is 56.4 Å². The van der Waals surface area contributed by atoms with Crippen LogP contribution in [0.25, 0.3) is 11.1 Å². The van der Waals surface area contributed by atoms with Gasteiger partial charge in [-0.15, -0.1) is 13.2 Å². The highest BCUT2D eigenvalue weighted by Gasteiger charge is 2.35.